The van der Waals surface area contributed by atoms with Gasteiger partial charge in [-0.15, -0.1) is 0 Å². The minimum absolute atomic E-state index is 0.0414. The monoisotopic (exact) mass is 346 g/mol. The van der Waals surface area contributed by atoms with E-state index in [9.17, 15) is 10.1 Å². The average Bonchev–Trinajstić information content (AvgIpc) is 2.67. The highest BCUT2D eigenvalue weighted by Gasteiger charge is 2.18. The van der Waals surface area contributed by atoms with Crippen molar-refractivity contribution < 1.29 is 4.92 Å². The largest absolute Gasteiger partial charge is 0.278 e. The number of fused-ring (bicyclic) bond motifs is 2. The number of aromatic nitrogens is 1. The van der Waals surface area contributed by atoms with Gasteiger partial charge in [0.25, 0.3) is 5.69 Å². The molecular formula is C20H18N4O2. The lowest BCUT2D eigenvalue weighted by atomic mass is 9.93. The molecule has 0 spiro atoms. The fourth-order valence-electron chi connectivity index (χ4n) is 3.43. The Morgan fingerprint density at radius 1 is 1.08 bits per heavy atom. The molecule has 1 N–H and O–H groups in total. The number of hydrazone groups is 1. The molecular weight excluding hydrogens is 328 g/mol. The number of anilines is 1. The van der Waals surface area contributed by atoms with Crippen LogP contribution in [0.3, 0.4) is 0 Å². The van der Waals surface area contributed by atoms with Gasteiger partial charge in [0.05, 0.1) is 27.9 Å². The van der Waals surface area contributed by atoms with Gasteiger partial charge in [0.15, 0.2) is 0 Å². The summed E-state index contributed by atoms with van der Waals surface area (Å²) in [4.78, 5) is 15.5. The molecule has 0 amide bonds. The van der Waals surface area contributed by atoms with E-state index in [0.29, 0.717) is 5.56 Å². The maximum atomic E-state index is 11.1. The molecule has 2 aromatic carbocycles. The van der Waals surface area contributed by atoms with Crippen LogP contribution in [0.25, 0.3) is 10.9 Å². The Bertz CT molecular complexity index is 1010. The summed E-state index contributed by atoms with van der Waals surface area (Å²) in [5.41, 5.74) is 7.87. The zero-order chi connectivity index (χ0) is 17.9. The molecule has 0 unspecified atom stereocenters. The number of hydrogen-bond donors (Lipinski definition) is 1. The maximum Gasteiger partial charge on any atom is 0.278 e. The van der Waals surface area contributed by atoms with Crippen LogP contribution in [0.1, 0.15) is 29.7 Å². The minimum Gasteiger partial charge on any atom is -0.277 e. The minimum atomic E-state index is -0.398. The lowest BCUT2D eigenvalue weighted by Gasteiger charge is -2.20. The van der Waals surface area contributed by atoms with Gasteiger partial charge in [0, 0.05) is 17.1 Å². The van der Waals surface area contributed by atoms with Gasteiger partial charge in [-0.05, 0) is 43.4 Å². The molecule has 6 nitrogen and oxygen atoms in total. The van der Waals surface area contributed by atoms with E-state index in [4.69, 9.17) is 4.98 Å². The summed E-state index contributed by atoms with van der Waals surface area (Å²) in [6.45, 7) is 0. The highest BCUT2D eigenvalue weighted by Crippen LogP contribution is 2.33. The van der Waals surface area contributed by atoms with Crippen LogP contribution in [-0.2, 0) is 12.8 Å². The number of rotatable bonds is 4. The molecule has 0 atom stereocenters. The van der Waals surface area contributed by atoms with Gasteiger partial charge in [0.2, 0.25) is 0 Å². The Balaban J connectivity index is 1.73. The van der Waals surface area contributed by atoms with Gasteiger partial charge in [-0.25, -0.2) is 0 Å². The number of hydrogen-bond acceptors (Lipinski definition) is 5. The Morgan fingerprint density at radius 3 is 2.73 bits per heavy atom. The second kappa shape index (κ2) is 6.92. The standard InChI is InChI=1S/C20H18N4O2/c25-24(26)19-12-6-1-7-14(19)13-21-23-20-15-8-2-4-10-17(15)22-18-11-5-3-9-16(18)20/h1-2,4,6-8,10,12-13H,3,5,9,11H2,(H,22,23). The molecule has 1 aliphatic rings. The van der Waals surface area contributed by atoms with Crippen molar-refractivity contribution >= 4 is 28.5 Å². The van der Waals surface area contributed by atoms with E-state index < -0.39 is 4.92 Å². The first-order valence-electron chi connectivity index (χ1n) is 8.67. The molecule has 3 aromatic rings. The third kappa shape index (κ3) is 3.01. The summed E-state index contributed by atoms with van der Waals surface area (Å²) in [5, 5.41) is 16.5. The van der Waals surface area contributed by atoms with Crippen LogP contribution >= 0.6 is 0 Å². The van der Waals surface area contributed by atoms with Gasteiger partial charge in [-0.2, -0.15) is 5.10 Å². The van der Waals surface area contributed by atoms with Gasteiger partial charge in [-0.1, -0.05) is 30.3 Å². The normalized spacial score (nSPS) is 13.7. The van der Waals surface area contributed by atoms with Crippen LogP contribution < -0.4 is 5.43 Å². The van der Waals surface area contributed by atoms with Crippen molar-refractivity contribution in [3.05, 3.63) is 75.5 Å². The number of nitrogens with one attached hydrogen (secondary N) is 1. The van der Waals surface area contributed by atoms with Crippen LogP contribution in [0.4, 0.5) is 11.4 Å². The number of nitrogens with zero attached hydrogens (tertiary/aromatic N) is 3. The molecule has 0 radical (unpaired) electrons. The van der Waals surface area contributed by atoms with Gasteiger partial charge in [0.1, 0.15) is 0 Å². The van der Waals surface area contributed by atoms with E-state index >= 15 is 0 Å². The summed E-state index contributed by atoms with van der Waals surface area (Å²) in [6, 6.07) is 14.6. The van der Waals surface area contributed by atoms with E-state index in [-0.39, 0.29) is 5.69 Å². The molecule has 1 heterocycles. The summed E-state index contributed by atoms with van der Waals surface area (Å²) in [7, 11) is 0. The van der Waals surface area contributed by atoms with Gasteiger partial charge in [-0.3, -0.25) is 20.5 Å². The molecule has 26 heavy (non-hydrogen) atoms. The van der Waals surface area contributed by atoms with Crippen molar-refractivity contribution in [1.29, 1.82) is 0 Å². The van der Waals surface area contributed by atoms with Crippen LogP contribution in [0, 0.1) is 10.1 Å². The summed E-state index contributed by atoms with van der Waals surface area (Å²) < 4.78 is 0. The third-order valence-electron chi connectivity index (χ3n) is 4.68. The van der Waals surface area contributed by atoms with E-state index in [1.54, 1.807) is 18.2 Å². The van der Waals surface area contributed by atoms with Crippen molar-refractivity contribution in [3.63, 3.8) is 0 Å². The Morgan fingerprint density at radius 2 is 1.85 bits per heavy atom. The third-order valence-corrected chi connectivity index (χ3v) is 4.68. The SMILES string of the molecule is O=[N+]([O-])c1ccccc1C=NNc1c2c(nc3ccccc13)CCCC2. The highest BCUT2D eigenvalue weighted by atomic mass is 16.6. The zero-order valence-electron chi connectivity index (χ0n) is 14.2. The Labute approximate surface area is 150 Å². The molecule has 4 rings (SSSR count). The van der Waals surface area contributed by atoms with Crippen LogP contribution in [-0.4, -0.2) is 16.1 Å². The number of pyridine rings is 1. The number of para-hydroxylation sites is 2. The molecule has 6 heteroatoms. The molecule has 0 saturated heterocycles. The zero-order valence-corrected chi connectivity index (χ0v) is 14.2. The second-order valence-corrected chi connectivity index (χ2v) is 6.32. The van der Waals surface area contributed by atoms with Crippen molar-refractivity contribution in [2.45, 2.75) is 25.7 Å². The number of nitro benzene ring substituents is 1. The number of benzene rings is 2. The first-order chi connectivity index (χ1) is 12.7. The molecule has 0 bridgehead atoms. The van der Waals surface area contributed by atoms with Crippen molar-refractivity contribution in [2.75, 3.05) is 5.43 Å². The predicted molar refractivity (Wildman–Crippen MR) is 103 cm³/mol. The molecule has 0 fully saturated rings. The van der Waals surface area contributed by atoms with Crippen LogP contribution in [0.2, 0.25) is 0 Å². The number of aryl methyl sites for hydroxylation is 1. The fourth-order valence-corrected chi connectivity index (χ4v) is 3.43. The maximum absolute atomic E-state index is 11.1. The predicted octanol–water partition coefficient (Wildman–Crippen LogP) is 4.47. The molecule has 0 saturated carbocycles. The van der Waals surface area contributed by atoms with Gasteiger partial charge >= 0.3 is 0 Å². The summed E-state index contributed by atoms with van der Waals surface area (Å²) >= 11 is 0. The Kier molecular flexibility index (Phi) is 4.31. The number of nitro groups is 1. The first-order valence-corrected chi connectivity index (χ1v) is 8.67. The van der Waals surface area contributed by atoms with E-state index in [1.165, 1.54) is 17.8 Å². The quantitative estimate of drug-likeness (QED) is 0.429. The fraction of sp³-hybridized carbons (Fsp3) is 0.200. The van der Waals surface area contributed by atoms with Crippen LogP contribution in [0.5, 0.6) is 0 Å². The summed E-state index contributed by atoms with van der Waals surface area (Å²) in [6.07, 6.45) is 5.73. The second-order valence-electron chi connectivity index (χ2n) is 6.32. The first kappa shape index (κ1) is 16.2. The molecule has 0 aliphatic heterocycles. The van der Waals surface area contributed by atoms with E-state index in [2.05, 4.69) is 10.5 Å². The van der Waals surface area contributed by atoms with Crippen molar-refractivity contribution in [3.8, 4) is 0 Å². The van der Waals surface area contributed by atoms with Crippen molar-refractivity contribution in [1.82, 2.24) is 4.98 Å². The topological polar surface area (TPSA) is 80.4 Å². The molecule has 1 aliphatic carbocycles. The Hall–Kier alpha value is -3.28. The lowest BCUT2D eigenvalue weighted by Crippen LogP contribution is -2.09. The van der Waals surface area contributed by atoms with E-state index in [1.807, 2.05) is 24.3 Å². The van der Waals surface area contributed by atoms with E-state index in [0.717, 1.165) is 48.0 Å². The molecule has 130 valence electrons. The lowest BCUT2D eigenvalue weighted by molar-refractivity contribution is -0.385. The smallest absolute Gasteiger partial charge is 0.277 e. The van der Waals surface area contributed by atoms with Crippen molar-refractivity contribution in [2.24, 2.45) is 5.10 Å². The van der Waals surface area contributed by atoms with Gasteiger partial charge < -0.3 is 0 Å². The average molecular weight is 346 g/mol. The summed E-state index contributed by atoms with van der Waals surface area (Å²) in [5.74, 6) is 0. The molecule has 1 aromatic heterocycles. The van der Waals surface area contributed by atoms with Crippen LogP contribution in [0.15, 0.2) is 53.6 Å². The highest BCUT2D eigenvalue weighted by molar-refractivity contribution is 5.94.